The van der Waals surface area contributed by atoms with Crippen molar-refractivity contribution in [3.8, 4) is 22.6 Å². The maximum Gasteiger partial charge on any atom is 0.492 e. The molecule has 0 aliphatic rings. The Balaban J connectivity index is 0.000000190. The Hall–Kier alpha value is -2.76. The predicted molar refractivity (Wildman–Crippen MR) is 137 cm³/mol. The monoisotopic (exact) mass is 564 g/mol. The van der Waals surface area contributed by atoms with Gasteiger partial charge in [-0.1, -0.05) is 59.6 Å². The van der Waals surface area contributed by atoms with E-state index in [1.807, 2.05) is 24.3 Å². The van der Waals surface area contributed by atoms with E-state index < -0.39 is 7.12 Å². The lowest BCUT2D eigenvalue weighted by atomic mass is 9.80. The molecule has 2 N–H and O–H groups in total. The molecule has 2 heterocycles. The quantitative estimate of drug-likeness (QED) is 0.356. The van der Waals surface area contributed by atoms with Crippen LogP contribution in [-0.2, 0) is 0 Å². The first kappa shape index (κ1) is 27.5. The molecule has 0 aliphatic carbocycles. The number of methoxy groups -OCH3 is 2. The summed E-state index contributed by atoms with van der Waals surface area (Å²) in [5, 5.41) is 33.0. The predicted octanol–water partition coefficient (Wildman–Crippen LogP) is 4.07. The topological polar surface area (TPSA) is 110 Å². The first-order valence-corrected chi connectivity index (χ1v) is 11.1. The number of benzene rings is 2. The standard InChI is InChI=1S/C11H9ClN2O.C7H9BO3.C4H2BrClN2/c1-15-10-5-3-2-4-9(10)8-6-11(12)14-13-7-8;1-11-7-5-3-2-4-6(7)8(9)10;5-3-1-4(6)8-7-2-3/h2-7H,1H3;2-5,9-10H,1H3;1-2H. The van der Waals surface area contributed by atoms with Crippen molar-refractivity contribution in [2.45, 2.75) is 0 Å². The van der Waals surface area contributed by atoms with Crippen molar-refractivity contribution in [3.05, 3.63) is 87.8 Å². The average molecular weight is 566 g/mol. The normalized spacial score (nSPS) is 9.62. The first-order valence-electron chi connectivity index (χ1n) is 9.60. The summed E-state index contributed by atoms with van der Waals surface area (Å²) in [4.78, 5) is 0. The number of nitrogens with zero attached hydrogens (tertiary/aromatic N) is 4. The third-order valence-corrected chi connectivity index (χ3v) is 4.85. The number of aromatic nitrogens is 4. The second-order valence-corrected chi connectivity index (χ2v) is 7.97. The highest BCUT2D eigenvalue weighted by molar-refractivity contribution is 9.10. The molecule has 2 aromatic heterocycles. The lowest BCUT2D eigenvalue weighted by Gasteiger charge is -2.07. The van der Waals surface area contributed by atoms with Gasteiger partial charge in [-0.3, -0.25) is 0 Å². The summed E-state index contributed by atoms with van der Waals surface area (Å²) in [6.07, 6.45) is 3.23. The third kappa shape index (κ3) is 8.88. The van der Waals surface area contributed by atoms with E-state index in [1.54, 1.807) is 55.9 Å². The van der Waals surface area contributed by atoms with E-state index in [0.29, 0.717) is 21.5 Å². The number of para-hydroxylation sites is 2. The number of halogens is 3. The molecule has 8 nitrogen and oxygen atoms in total. The lowest BCUT2D eigenvalue weighted by molar-refractivity contribution is 0.403. The Labute approximate surface area is 215 Å². The van der Waals surface area contributed by atoms with Gasteiger partial charge in [-0.25, -0.2) is 0 Å². The minimum Gasteiger partial charge on any atom is -0.497 e. The van der Waals surface area contributed by atoms with E-state index >= 15 is 0 Å². The fourth-order valence-corrected chi connectivity index (χ4v) is 3.33. The second kappa shape index (κ2) is 14.5. The van der Waals surface area contributed by atoms with Gasteiger partial charge in [-0.2, -0.15) is 10.2 Å². The zero-order chi connectivity index (χ0) is 24.9. The molecule has 0 atom stereocenters. The first-order chi connectivity index (χ1) is 16.3. The molecule has 2 aromatic carbocycles. The molecule has 0 saturated carbocycles. The van der Waals surface area contributed by atoms with Crippen LogP contribution in [0.1, 0.15) is 0 Å². The Bertz CT molecular complexity index is 1170. The van der Waals surface area contributed by atoms with Crippen LogP contribution in [0.5, 0.6) is 11.5 Å². The molecular weight excluding hydrogens is 546 g/mol. The van der Waals surface area contributed by atoms with E-state index in [2.05, 4.69) is 36.3 Å². The second-order valence-electron chi connectivity index (χ2n) is 6.28. The van der Waals surface area contributed by atoms with Gasteiger partial charge in [0.05, 0.1) is 26.6 Å². The lowest BCUT2D eigenvalue weighted by Crippen LogP contribution is -2.30. The molecule has 4 aromatic rings. The van der Waals surface area contributed by atoms with Crippen LogP contribution >= 0.6 is 39.1 Å². The van der Waals surface area contributed by atoms with Gasteiger partial charge in [0, 0.05) is 21.1 Å². The molecule has 0 spiro atoms. The van der Waals surface area contributed by atoms with Crippen molar-refractivity contribution < 1.29 is 19.5 Å². The Morgan fingerprint density at radius 1 is 0.794 bits per heavy atom. The van der Waals surface area contributed by atoms with Gasteiger partial charge in [-0.05, 0) is 40.2 Å². The summed E-state index contributed by atoms with van der Waals surface area (Å²) in [5.74, 6) is 1.28. The molecule has 0 aliphatic heterocycles. The van der Waals surface area contributed by atoms with Gasteiger partial charge < -0.3 is 19.5 Å². The summed E-state index contributed by atoms with van der Waals surface area (Å²) in [6, 6.07) is 17.9. The summed E-state index contributed by atoms with van der Waals surface area (Å²) in [7, 11) is 1.65. The number of hydrogen-bond donors (Lipinski definition) is 2. The molecule has 12 heteroatoms. The van der Waals surface area contributed by atoms with Crippen molar-refractivity contribution in [1.29, 1.82) is 0 Å². The Morgan fingerprint density at radius 2 is 1.35 bits per heavy atom. The molecule has 34 heavy (non-hydrogen) atoms. The largest absolute Gasteiger partial charge is 0.497 e. The van der Waals surface area contributed by atoms with E-state index in [9.17, 15) is 0 Å². The summed E-state index contributed by atoms with van der Waals surface area (Å²) >= 11 is 14.4. The van der Waals surface area contributed by atoms with Crippen LogP contribution in [0.15, 0.2) is 77.5 Å². The van der Waals surface area contributed by atoms with E-state index in [0.717, 1.165) is 21.3 Å². The van der Waals surface area contributed by atoms with Gasteiger partial charge >= 0.3 is 7.12 Å². The van der Waals surface area contributed by atoms with E-state index in [-0.39, 0.29) is 0 Å². The maximum absolute atomic E-state index is 8.81. The summed E-state index contributed by atoms with van der Waals surface area (Å²) < 4.78 is 11.0. The van der Waals surface area contributed by atoms with Crippen LogP contribution < -0.4 is 14.9 Å². The number of ether oxygens (including phenoxy) is 2. The van der Waals surface area contributed by atoms with Crippen LogP contribution in [0.25, 0.3) is 11.1 Å². The Morgan fingerprint density at radius 3 is 1.85 bits per heavy atom. The molecular formula is C22H20BBrCl2N4O4. The van der Waals surface area contributed by atoms with Crippen LogP contribution in [0.3, 0.4) is 0 Å². The molecule has 0 saturated heterocycles. The molecule has 176 valence electrons. The highest BCUT2D eigenvalue weighted by Gasteiger charge is 2.15. The molecule has 0 fully saturated rings. The highest BCUT2D eigenvalue weighted by Crippen LogP contribution is 2.29. The highest BCUT2D eigenvalue weighted by atomic mass is 79.9. The van der Waals surface area contributed by atoms with Gasteiger partial charge in [0.25, 0.3) is 0 Å². The molecule has 0 amide bonds. The molecule has 4 rings (SSSR count). The van der Waals surface area contributed by atoms with Crippen LogP contribution in [-0.4, -0.2) is 51.8 Å². The van der Waals surface area contributed by atoms with Crippen molar-refractivity contribution in [2.75, 3.05) is 14.2 Å². The summed E-state index contributed by atoms with van der Waals surface area (Å²) in [6.45, 7) is 0. The molecule has 0 bridgehead atoms. The van der Waals surface area contributed by atoms with Gasteiger partial charge in [0.15, 0.2) is 10.3 Å². The van der Waals surface area contributed by atoms with Crippen molar-refractivity contribution >= 4 is 51.7 Å². The van der Waals surface area contributed by atoms with Gasteiger partial charge in [0.1, 0.15) is 11.5 Å². The zero-order valence-electron chi connectivity index (χ0n) is 18.1. The Kier molecular flexibility index (Phi) is 11.7. The van der Waals surface area contributed by atoms with Crippen molar-refractivity contribution in [1.82, 2.24) is 20.4 Å². The fraction of sp³-hybridized carbons (Fsp3) is 0.0909. The van der Waals surface area contributed by atoms with Crippen molar-refractivity contribution in [3.63, 3.8) is 0 Å². The number of rotatable bonds is 4. The van der Waals surface area contributed by atoms with E-state index in [1.165, 1.54) is 7.11 Å². The maximum atomic E-state index is 8.81. The van der Waals surface area contributed by atoms with Gasteiger partial charge in [-0.15, -0.1) is 10.2 Å². The van der Waals surface area contributed by atoms with Crippen molar-refractivity contribution in [2.24, 2.45) is 0 Å². The SMILES string of the molecule is COc1ccccc1-c1cnnc(Cl)c1.COc1ccccc1B(O)O.Clc1cc(Br)cnn1. The van der Waals surface area contributed by atoms with Crippen LogP contribution in [0, 0.1) is 0 Å². The third-order valence-electron chi connectivity index (χ3n) is 4.05. The summed E-state index contributed by atoms with van der Waals surface area (Å²) in [5.41, 5.74) is 2.24. The molecule has 0 unspecified atom stereocenters. The number of hydrogen-bond acceptors (Lipinski definition) is 8. The molecule has 0 radical (unpaired) electrons. The van der Waals surface area contributed by atoms with E-state index in [4.69, 9.17) is 42.7 Å². The van der Waals surface area contributed by atoms with Crippen LogP contribution in [0.4, 0.5) is 0 Å². The van der Waals surface area contributed by atoms with Crippen LogP contribution in [0.2, 0.25) is 10.3 Å². The fourth-order valence-electron chi connectivity index (χ4n) is 2.57. The van der Waals surface area contributed by atoms with Gasteiger partial charge in [0.2, 0.25) is 0 Å². The minimum absolute atomic E-state index is 0.374. The average Bonchev–Trinajstić information content (AvgIpc) is 2.84. The zero-order valence-corrected chi connectivity index (χ0v) is 21.2. The minimum atomic E-state index is -1.47. The smallest absolute Gasteiger partial charge is 0.492 e.